The Bertz CT molecular complexity index is 496. The Morgan fingerprint density at radius 2 is 2.00 bits per heavy atom. The van der Waals surface area contributed by atoms with Gasteiger partial charge in [0.15, 0.2) is 0 Å². The second-order valence-electron chi connectivity index (χ2n) is 8.71. The highest BCUT2D eigenvalue weighted by Crippen LogP contribution is 2.67. The highest BCUT2D eigenvalue weighted by Gasteiger charge is 2.60. The van der Waals surface area contributed by atoms with E-state index < -0.39 is 11.4 Å². The molecule has 0 radical (unpaired) electrons. The summed E-state index contributed by atoms with van der Waals surface area (Å²) >= 11 is 0. The van der Waals surface area contributed by atoms with E-state index in [0.29, 0.717) is 17.3 Å². The van der Waals surface area contributed by atoms with Crippen molar-refractivity contribution < 1.29 is 9.90 Å². The minimum atomic E-state index is -0.544. The number of fused-ring (bicyclic) bond motifs is 3. The smallest absolute Gasteiger partial charge is 0.309 e. The first-order valence-corrected chi connectivity index (χ1v) is 8.87. The molecule has 1 spiro atoms. The zero-order chi connectivity index (χ0) is 14.8. The van der Waals surface area contributed by atoms with Gasteiger partial charge >= 0.3 is 5.97 Å². The standard InChI is InChI=1S/C19H28O2/c1-12-10-19-9-7-15-14(16(19)6-5-13(12)11-19)4-3-8-18(15,2)17(20)21/h13-16H,1,3-11H2,2H3,(H,20,21)/t13-,14-,15+,16+,18-,19-/m1/s1. The summed E-state index contributed by atoms with van der Waals surface area (Å²) in [5.41, 5.74) is 1.56. The first kappa shape index (κ1) is 13.8. The predicted octanol–water partition coefficient (Wildman–Crippen LogP) is 4.65. The molecule has 6 atom stereocenters. The van der Waals surface area contributed by atoms with Gasteiger partial charge in [-0.05, 0) is 87.4 Å². The third kappa shape index (κ3) is 1.74. The van der Waals surface area contributed by atoms with Crippen molar-refractivity contribution in [2.45, 2.75) is 64.7 Å². The van der Waals surface area contributed by atoms with E-state index in [0.717, 1.165) is 31.1 Å². The highest BCUT2D eigenvalue weighted by molar-refractivity contribution is 5.74. The van der Waals surface area contributed by atoms with Gasteiger partial charge < -0.3 is 5.11 Å². The predicted molar refractivity (Wildman–Crippen MR) is 82.8 cm³/mol. The van der Waals surface area contributed by atoms with E-state index in [-0.39, 0.29) is 0 Å². The van der Waals surface area contributed by atoms with Crippen LogP contribution in [0, 0.1) is 34.5 Å². The van der Waals surface area contributed by atoms with Crippen molar-refractivity contribution in [1.82, 2.24) is 0 Å². The zero-order valence-electron chi connectivity index (χ0n) is 13.2. The number of carboxylic acids is 1. The fraction of sp³-hybridized carbons (Fsp3) is 0.842. The summed E-state index contributed by atoms with van der Waals surface area (Å²) in [4.78, 5) is 11.9. The monoisotopic (exact) mass is 288 g/mol. The van der Waals surface area contributed by atoms with E-state index in [1.807, 2.05) is 6.92 Å². The van der Waals surface area contributed by atoms with Crippen LogP contribution in [0.5, 0.6) is 0 Å². The Balaban J connectivity index is 1.68. The Morgan fingerprint density at radius 3 is 2.76 bits per heavy atom. The van der Waals surface area contributed by atoms with Crippen LogP contribution in [-0.2, 0) is 4.79 Å². The number of carboxylic acid groups (broad SMARTS) is 1. The van der Waals surface area contributed by atoms with Gasteiger partial charge in [-0.1, -0.05) is 18.6 Å². The maximum absolute atomic E-state index is 11.9. The lowest BCUT2D eigenvalue weighted by atomic mass is 9.47. The summed E-state index contributed by atoms with van der Waals surface area (Å²) in [5, 5.41) is 9.79. The Kier molecular flexibility index (Phi) is 2.88. The average molecular weight is 288 g/mol. The maximum atomic E-state index is 11.9. The van der Waals surface area contributed by atoms with Gasteiger partial charge in [-0.15, -0.1) is 0 Å². The van der Waals surface area contributed by atoms with E-state index in [1.54, 1.807) is 0 Å². The summed E-state index contributed by atoms with van der Waals surface area (Å²) in [7, 11) is 0. The van der Waals surface area contributed by atoms with Gasteiger partial charge in [-0.25, -0.2) is 0 Å². The summed E-state index contributed by atoms with van der Waals surface area (Å²) in [6.45, 7) is 6.38. The van der Waals surface area contributed by atoms with Crippen molar-refractivity contribution in [1.29, 1.82) is 0 Å². The lowest BCUT2D eigenvalue weighted by molar-refractivity contribution is -0.164. The first-order valence-electron chi connectivity index (χ1n) is 8.87. The first-order chi connectivity index (χ1) is 9.96. The molecule has 4 fully saturated rings. The molecule has 0 aromatic carbocycles. The molecule has 4 saturated carbocycles. The molecular formula is C19H28O2. The maximum Gasteiger partial charge on any atom is 0.309 e. The van der Waals surface area contributed by atoms with Crippen LogP contribution in [0.1, 0.15) is 64.7 Å². The van der Waals surface area contributed by atoms with Crippen LogP contribution >= 0.6 is 0 Å². The Labute approximate surface area is 128 Å². The highest BCUT2D eigenvalue weighted by atomic mass is 16.4. The van der Waals surface area contributed by atoms with E-state index in [2.05, 4.69) is 6.58 Å². The quantitative estimate of drug-likeness (QED) is 0.713. The molecule has 2 nitrogen and oxygen atoms in total. The number of aliphatic carboxylic acids is 1. The van der Waals surface area contributed by atoms with Crippen LogP contribution < -0.4 is 0 Å². The van der Waals surface area contributed by atoms with Crippen LogP contribution in [-0.4, -0.2) is 11.1 Å². The molecule has 4 aliphatic carbocycles. The van der Waals surface area contributed by atoms with Gasteiger partial charge in [0, 0.05) is 0 Å². The molecule has 0 heterocycles. The molecular weight excluding hydrogens is 260 g/mol. The Morgan fingerprint density at radius 1 is 1.19 bits per heavy atom. The number of hydrogen-bond acceptors (Lipinski definition) is 1. The fourth-order valence-corrected chi connectivity index (χ4v) is 6.91. The summed E-state index contributed by atoms with van der Waals surface area (Å²) < 4.78 is 0. The number of carbonyl (C=O) groups is 1. The molecule has 2 bridgehead atoms. The minimum Gasteiger partial charge on any atom is -0.481 e. The van der Waals surface area contributed by atoms with Crippen molar-refractivity contribution >= 4 is 5.97 Å². The lowest BCUT2D eigenvalue weighted by Crippen LogP contribution is -2.52. The van der Waals surface area contributed by atoms with Gasteiger partial charge in [0.05, 0.1) is 5.41 Å². The number of hydrogen-bond donors (Lipinski definition) is 1. The molecule has 0 amide bonds. The molecule has 1 N–H and O–H groups in total. The van der Waals surface area contributed by atoms with Crippen LogP contribution in [0.2, 0.25) is 0 Å². The lowest BCUT2D eigenvalue weighted by Gasteiger charge is -2.57. The van der Waals surface area contributed by atoms with E-state index in [1.165, 1.54) is 44.1 Å². The second kappa shape index (κ2) is 4.36. The van der Waals surface area contributed by atoms with Crippen molar-refractivity contribution in [3.05, 3.63) is 12.2 Å². The number of allylic oxidation sites excluding steroid dienone is 1. The molecule has 0 unspecified atom stereocenters. The molecule has 2 heteroatoms. The third-order valence-electron chi connectivity index (χ3n) is 7.95. The van der Waals surface area contributed by atoms with Gasteiger partial charge in [0.2, 0.25) is 0 Å². The molecule has 116 valence electrons. The third-order valence-corrected chi connectivity index (χ3v) is 7.95. The van der Waals surface area contributed by atoms with Crippen molar-refractivity contribution in [2.24, 2.45) is 34.5 Å². The fourth-order valence-electron chi connectivity index (χ4n) is 6.91. The molecule has 0 aliphatic heterocycles. The average Bonchev–Trinajstić information content (AvgIpc) is 2.68. The normalized spacial score (nSPS) is 52.1. The number of rotatable bonds is 1. The zero-order valence-corrected chi connectivity index (χ0v) is 13.2. The minimum absolute atomic E-state index is 0.421. The van der Waals surface area contributed by atoms with Gasteiger partial charge in [-0.2, -0.15) is 0 Å². The topological polar surface area (TPSA) is 37.3 Å². The van der Waals surface area contributed by atoms with Crippen molar-refractivity contribution in [3.63, 3.8) is 0 Å². The molecule has 4 rings (SSSR count). The van der Waals surface area contributed by atoms with E-state index >= 15 is 0 Å². The molecule has 4 aliphatic rings. The summed E-state index contributed by atoms with van der Waals surface area (Å²) in [5.74, 6) is 2.11. The molecule has 0 aromatic heterocycles. The SMILES string of the molecule is C=C1C[C@@]23CC[C@H]4[C@@H](CCC[C@@]4(C)C(=O)O)[C@@H]2CC[C@@H]1C3. The van der Waals surface area contributed by atoms with Gasteiger partial charge in [-0.3, -0.25) is 4.79 Å². The molecule has 0 saturated heterocycles. The van der Waals surface area contributed by atoms with Gasteiger partial charge in [0.25, 0.3) is 0 Å². The van der Waals surface area contributed by atoms with Crippen LogP contribution in [0.3, 0.4) is 0 Å². The summed E-state index contributed by atoms with van der Waals surface area (Å²) in [6, 6.07) is 0. The second-order valence-corrected chi connectivity index (χ2v) is 8.71. The van der Waals surface area contributed by atoms with Crippen LogP contribution in [0.15, 0.2) is 12.2 Å². The molecule has 0 aromatic rings. The van der Waals surface area contributed by atoms with Crippen LogP contribution in [0.4, 0.5) is 0 Å². The van der Waals surface area contributed by atoms with E-state index in [9.17, 15) is 9.90 Å². The van der Waals surface area contributed by atoms with Crippen molar-refractivity contribution in [3.8, 4) is 0 Å². The molecule has 21 heavy (non-hydrogen) atoms. The largest absolute Gasteiger partial charge is 0.481 e. The summed E-state index contributed by atoms with van der Waals surface area (Å²) in [6.07, 6.45) is 10.9. The Hall–Kier alpha value is -0.790. The van der Waals surface area contributed by atoms with Crippen molar-refractivity contribution in [2.75, 3.05) is 0 Å². The van der Waals surface area contributed by atoms with E-state index in [4.69, 9.17) is 0 Å². The van der Waals surface area contributed by atoms with Crippen LogP contribution in [0.25, 0.3) is 0 Å². The van der Waals surface area contributed by atoms with Gasteiger partial charge in [0.1, 0.15) is 0 Å².